The van der Waals surface area contributed by atoms with Crippen molar-refractivity contribution in [2.75, 3.05) is 0 Å². The SMILES string of the molecule is [C-]#[N+]c1c(N=Nc2c(C#N)[nH]n(-c3ccccc3)c2=O)n[nH]c1C(C)(C)C.[C-]#[N+]c1c(N=Nc2c(C(C)=O)[nH]n(-c3ccccc3)c2=O)n[nH]c1C(C)(C)C.[C-]#[N+]c1c(N=Nc2c(O)n(C)c(=O)n(-c3ccccc3)c2=O)n[nH]c1C(C)(C)C. The zero-order valence-electron chi connectivity index (χ0n) is 47.3. The largest absolute Gasteiger partial charge is 0.493 e. The Kier molecular flexibility index (Phi) is 17.3. The van der Waals surface area contributed by atoms with Gasteiger partial charge in [0.15, 0.2) is 22.9 Å². The number of Topliss-reactive ketones (excluding diaryl/α,β-unsaturated/α-hetero) is 1. The maximum atomic E-state index is 12.9. The lowest BCUT2D eigenvalue weighted by atomic mass is 9.91. The van der Waals surface area contributed by atoms with E-state index in [9.17, 15) is 34.3 Å². The average molecular weight is 1130 g/mol. The number of hydrogen-bond donors (Lipinski definition) is 6. The molecule has 0 aliphatic rings. The number of ketones is 1. The Hall–Kier alpha value is -11.8. The summed E-state index contributed by atoms with van der Waals surface area (Å²) < 4.78 is 4.22. The number of azo groups is 3. The summed E-state index contributed by atoms with van der Waals surface area (Å²) in [7, 11) is 1.31. The highest BCUT2D eigenvalue weighted by Crippen LogP contribution is 2.40. The van der Waals surface area contributed by atoms with Gasteiger partial charge in [-0.25, -0.2) is 33.3 Å². The maximum absolute atomic E-state index is 12.9. The lowest BCUT2D eigenvalue weighted by Gasteiger charge is -2.16. The molecule has 0 aliphatic heterocycles. The van der Waals surface area contributed by atoms with E-state index < -0.39 is 33.9 Å². The number of nitrogens with one attached hydrogen (secondary N) is 5. The van der Waals surface area contributed by atoms with Crippen LogP contribution in [-0.2, 0) is 23.3 Å². The monoisotopic (exact) mass is 1130 g/mol. The van der Waals surface area contributed by atoms with E-state index in [4.69, 9.17) is 19.7 Å². The quantitative estimate of drug-likeness (QED) is 0.0427. The molecule has 9 rings (SSSR count). The lowest BCUT2D eigenvalue weighted by Crippen LogP contribution is -2.37. The fraction of sp³-hybridized carbons (Fsp3) is 0.250. The predicted octanol–water partition coefficient (Wildman–Crippen LogP) is 11.6. The van der Waals surface area contributed by atoms with Crippen LogP contribution in [0.3, 0.4) is 0 Å². The second kappa shape index (κ2) is 24.3. The summed E-state index contributed by atoms with van der Waals surface area (Å²) in [6.45, 7) is 40.9. The Morgan fingerprint density at radius 2 is 0.905 bits per heavy atom. The summed E-state index contributed by atoms with van der Waals surface area (Å²) in [5.41, 5.74) is -0.400. The third-order valence-electron chi connectivity index (χ3n) is 12.1. The van der Waals surface area contributed by atoms with E-state index in [2.05, 4.69) is 86.0 Å². The molecule has 0 fully saturated rings. The molecule has 9 aromatic rings. The first-order chi connectivity index (χ1) is 39.8. The van der Waals surface area contributed by atoms with Gasteiger partial charge in [-0.05, 0) is 52.6 Å². The zero-order chi connectivity index (χ0) is 61.4. The molecule has 0 spiro atoms. The number of H-pyrrole nitrogens is 5. The van der Waals surface area contributed by atoms with E-state index in [0.717, 1.165) is 9.13 Å². The molecule has 0 atom stereocenters. The predicted molar refractivity (Wildman–Crippen MR) is 310 cm³/mol. The zero-order valence-corrected chi connectivity index (χ0v) is 47.3. The van der Waals surface area contributed by atoms with Gasteiger partial charge in [0.2, 0.25) is 29.0 Å². The Labute approximate surface area is 477 Å². The van der Waals surface area contributed by atoms with Crippen LogP contribution in [-0.4, -0.2) is 70.2 Å². The number of nitrogens with zero attached hydrogens (tertiary/aromatic N) is 17. The van der Waals surface area contributed by atoms with Crippen molar-refractivity contribution in [3.8, 4) is 29.0 Å². The number of carbonyl (C=O) groups excluding carboxylic acids is 1. The second-order valence-electron chi connectivity index (χ2n) is 21.3. The molecule has 0 saturated carbocycles. The molecule has 0 amide bonds. The van der Waals surface area contributed by atoms with Gasteiger partial charge in [-0.15, -0.1) is 30.7 Å². The van der Waals surface area contributed by atoms with Crippen LogP contribution in [0.25, 0.3) is 31.6 Å². The van der Waals surface area contributed by atoms with Gasteiger partial charge in [0, 0.05) is 31.1 Å². The molecule has 3 aromatic carbocycles. The van der Waals surface area contributed by atoms with Gasteiger partial charge < -0.3 is 5.11 Å². The summed E-state index contributed by atoms with van der Waals surface area (Å²) in [5.74, 6) is -0.855. The van der Waals surface area contributed by atoms with Gasteiger partial charge in [-0.3, -0.25) is 49.2 Å². The van der Waals surface area contributed by atoms with E-state index >= 15 is 0 Å². The van der Waals surface area contributed by atoms with Crippen molar-refractivity contribution in [2.24, 2.45) is 37.7 Å². The number of aromatic hydroxyl groups is 1. The molecule has 424 valence electrons. The minimum absolute atomic E-state index is 0.0103. The number of rotatable bonds is 10. The number of carbonyl (C=O) groups is 1. The number of benzene rings is 3. The van der Waals surface area contributed by atoms with Crippen LogP contribution < -0.4 is 22.4 Å². The van der Waals surface area contributed by atoms with Crippen molar-refractivity contribution >= 4 is 57.4 Å². The summed E-state index contributed by atoms with van der Waals surface area (Å²) in [6, 6.07) is 27.8. The molecule has 0 radical (unpaired) electrons. The fourth-order valence-electron chi connectivity index (χ4n) is 7.83. The molecule has 6 heterocycles. The van der Waals surface area contributed by atoms with Crippen LogP contribution in [0, 0.1) is 31.0 Å². The molecule has 0 saturated heterocycles. The van der Waals surface area contributed by atoms with Crippen molar-refractivity contribution in [3.05, 3.63) is 195 Å². The molecular formula is C56H54N22O6. The van der Waals surface area contributed by atoms with Gasteiger partial charge in [0.1, 0.15) is 11.8 Å². The number of aromatic amines is 5. The third-order valence-corrected chi connectivity index (χ3v) is 12.1. The Morgan fingerprint density at radius 3 is 1.27 bits per heavy atom. The van der Waals surface area contributed by atoms with E-state index in [1.54, 1.807) is 78.9 Å². The van der Waals surface area contributed by atoms with E-state index in [1.165, 1.54) is 23.3 Å². The first kappa shape index (κ1) is 59.9. The van der Waals surface area contributed by atoms with Crippen molar-refractivity contribution in [1.82, 2.24) is 59.3 Å². The molecule has 6 aromatic heterocycles. The normalized spacial score (nSPS) is 11.6. The molecular weight excluding hydrogens is 1080 g/mol. The molecule has 0 bridgehead atoms. The minimum atomic E-state index is -0.837. The summed E-state index contributed by atoms with van der Waals surface area (Å²) >= 11 is 0. The molecule has 0 unspecified atom stereocenters. The van der Waals surface area contributed by atoms with E-state index in [-0.39, 0.29) is 79.3 Å². The smallest absolute Gasteiger partial charge is 0.338 e. The maximum Gasteiger partial charge on any atom is 0.338 e. The summed E-state index contributed by atoms with van der Waals surface area (Å²) in [6.07, 6.45) is 0. The topological polar surface area (TPSA) is 354 Å². The highest BCUT2D eigenvalue weighted by molar-refractivity contribution is 5.96. The first-order valence-corrected chi connectivity index (χ1v) is 25.2. The van der Waals surface area contributed by atoms with Gasteiger partial charge in [-0.2, -0.15) is 20.6 Å². The molecule has 6 N–H and O–H groups in total. The number of para-hydroxylation sites is 3. The van der Waals surface area contributed by atoms with Crippen LogP contribution in [0.15, 0.2) is 141 Å². The Morgan fingerprint density at radius 1 is 0.548 bits per heavy atom. The van der Waals surface area contributed by atoms with Crippen LogP contribution in [0.1, 0.15) is 103 Å². The molecule has 28 heteroatoms. The molecule has 84 heavy (non-hydrogen) atoms. The number of aromatic nitrogens is 12. The van der Waals surface area contributed by atoms with E-state index in [0.29, 0.717) is 34.1 Å². The van der Waals surface area contributed by atoms with Crippen LogP contribution in [0.2, 0.25) is 0 Å². The molecule has 28 nitrogen and oxygen atoms in total. The molecule has 0 aliphatic carbocycles. The fourth-order valence-corrected chi connectivity index (χ4v) is 7.83. The number of hydrogen-bond acceptors (Lipinski definition) is 16. The highest BCUT2D eigenvalue weighted by atomic mass is 16.3. The van der Waals surface area contributed by atoms with Gasteiger partial charge in [0.25, 0.3) is 33.7 Å². The summed E-state index contributed by atoms with van der Waals surface area (Å²) in [4.78, 5) is 73.1. The van der Waals surface area contributed by atoms with Crippen LogP contribution >= 0.6 is 0 Å². The Bertz CT molecular complexity index is 4450. The van der Waals surface area contributed by atoms with Crippen LogP contribution in [0.4, 0.5) is 51.6 Å². The first-order valence-electron chi connectivity index (χ1n) is 25.2. The lowest BCUT2D eigenvalue weighted by molar-refractivity contribution is 0.101. The van der Waals surface area contributed by atoms with Crippen molar-refractivity contribution in [1.29, 1.82) is 5.26 Å². The third kappa shape index (κ3) is 12.5. The van der Waals surface area contributed by atoms with Crippen molar-refractivity contribution < 1.29 is 9.90 Å². The van der Waals surface area contributed by atoms with E-state index in [1.807, 2.05) is 80.5 Å². The van der Waals surface area contributed by atoms with Crippen molar-refractivity contribution in [2.45, 2.75) is 85.5 Å². The standard InChI is InChI=1S/C19H19N7O3.C19H19N7O2.C18H16N8O/c1-19(2,3)14-12(20-4)15(24-22-14)23-21-13-16(27)25(5)18(29)26(17(13)28)11-9-7-6-8-10-11;1-11(27)13-14(18(28)26(25-13)12-9-7-6-8-10-12)21-23-17-15(20-5)16(22-24-17)19(2,3)4;1-18(2,3)15-14(20-4)16(24-22-15)23-21-13-12(10-19)25-26(17(13)27)11-8-6-5-7-9-11/h6-10,27H,1-3,5H3,(H,22,24);6-10,25H,1-4H3,(H,22,24);5-9,25H,1-3H3,(H,22,24). The minimum Gasteiger partial charge on any atom is -0.493 e. The average Bonchev–Trinajstić information content (AvgIpc) is 2.30. The van der Waals surface area contributed by atoms with Gasteiger partial charge >= 0.3 is 5.69 Å². The van der Waals surface area contributed by atoms with Gasteiger partial charge in [0.05, 0.1) is 36.8 Å². The van der Waals surface area contributed by atoms with Crippen LogP contribution in [0.5, 0.6) is 5.88 Å². The van der Waals surface area contributed by atoms with Gasteiger partial charge in [-0.1, -0.05) is 117 Å². The Balaban J connectivity index is 0.000000181. The highest BCUT2D eigenvalue weighted by Gasteiger charge is 2.28. The number of nitriles is 1. The second-order valence-corrected chi connectivity index (χ2v) is 21.3. The summed E-state index contributed by atoms with van der Waals surface area (Å²) in [5, 5.41) is 69.0. The van der Waals surface area contributed by atoms with Crippen molar-refractivity contribution in [3.63, 3.8) is 0 Å².